The van der Waals surface area contributed by atoms with Gasteiger partial charge in [-0.15, -0.1) is 0 Å². The quantitative estimate of drug-likeness (QED) is 0.906. The number of H-pyrrole nitrogens is 1. The van der Waals surface area contributed by atoms with Crippen molar-refractivity contribution >= 4 is 11.7 Å². The molecule has 0 fully saturated rings. The van der Waals surface area contributed by atoms with Gasteiger partial charge in [0.25, 0.3) is 0 Å². The van der Waals surface area contributed by atoms with Gasteiger partial charge in [0, 0.05) is 17.2 Å². The van der Waals surface area contributed by atoms with Crippen LogP contribution in [0.25, 0.3) is 0 Å². The summed E-state index contributed by atoms with van der Waals surface area (Å²) in [6.45, 7) is 10.4. The van der Waals surface area contributed by atoms with E-state index in [9.17, 15) is 4.79 Å². The normalized spacial score (nSPS) is 11.5. The molecule has 2 N–H and O–H groups in total. The summed E-state index contributed by atoms with van der Waals surface area (Å²) in [7, 11) is 0. The Morgan fingerprint density at radius 1 is 1.19 bits per heavy atom. The van der Waals surface area contributed by atoms with Gasteiger partial charge in [-0.25, -0.2) is 0 Å². The molecule has 0 bridgehead atoms. The Hall–Kier alpha value is -2.10. The molecule has 0 unspecified atom stereocenters. The van der Waals surface area contributed by atoms with Crippen LogP contribution in [0.2, 0.25) is 0 Å². The second-order valence-corrected chi connectivity index (χ2v) is 6.56. The molecule has 0 atom stereocenters. The number of aromatic nitrogens is 2. The molecule has 4 nitrogen and oxygen atoms in total. The van der Waals surface area contributed by atoms with Crippen LogP contribution >= 0.6 is 0 Å². The lowest BCUT2D eigenvalue weighted by Gasteiger charge is -2.14. The molecule has 4 heteroatoms. The lowest BCUT2D eigenvalue weighted by atomic mass is 9.92. The maximum absolute atomic E-state index is 12.1. The highest BCUT2D eigenvalue weighted by Gasteiger charge is 2.17. The molecule has 0 radical (unpaired) electrons. The molecule has 0 aliphatic heterocycles. The van der Waals surface area contributed by atoms with Gasteiger partial charge in [-0.05, 0) is 30.5 Å². The molecule has 2 aromatic rings. The molecule has 1 heterocycles. The predicted octanol–water partition coefficient (Wildman–Crippen LogP) is 3.51. The van der Waals surface area contributed by atoms with Crippen LogP contribution in [0.3, 0.4) is 0 Å². The number of nitrogens with zero attached hydrogens (tertiary/aromatic N) is 1. The fraction of sp³-hybridized carbons (Fsp3) is 0.412. The van der Waals surface area contributed by atoms with Gasteiger partial charge in [-0.1, -0.05) is 39.0 Å². The third kappa shape index (κ3) is 3.94. The summed E-state index contributed by atoms with van der Waals surface area (Å²) in [5.74, 6) is 0.527. The van der Waals surface area contributed by atoms with Crippen LogP contribution in [0.1, 0.15) is 43.2 Å². The van der Waals surface area contributed by atoms with E-state index in [0.717, 1.165) is 11.3 Å². The van der Waals surface area contributed by atoms with Crippen molar-refractivity contribution in [1.82, 2.24) is 10.2 Å². The van der Waals surface area contributed by atoms with E-state index in [2.05, 4.69) is 56.2 Å². The minimum atomic E-state index is -0.0507. The lowest BCUT2D eigenvalue weighted by Crippen LogP contribution is -2.15. The van der Waals surface area contributed by atoms with Crippen LogP contribution in [0, 0.1) is 13.8 Å². The number of amides is 1. The van der Waals surface area contributed by atoms with E-state index >= 15 is 0 Å². The Morgan fingerprint density at radius 3 is 2.48 bits per heavy atom. The molecule has 0 spiro atoms. The summed E-state index contributed by atoms with van der Waals surface area (Å²) in [5.41, 5.74) is 4.45. The highest BCUT2D eigenvalue weighted by Crippen LogP contribution is 2.22. The minimum Gasteiger partial charge on any atom is -0.309 e. The van der Waals surface area contributed by atoms with Crippen molar-refractivity contribution in [3.8, 4) is 0 Å². The van der Waals surface area contributed by atoms with E-state index in [0.29, 0.717) is 12.2 Å². The number of hydrogen-bond donors (Lipinski definition) is 2. The number of aryl methyl sites for hydroxylation is 2. The first-order chi connectivity index (χ1) is 9.75. The van der Waals surface area contributed by atoms with Crippen molar-refractivity contribution in [1.29, 1.82) is 0 Å². The first-order valence-corrected chi connectivity index (χ1v) is 7.17. The topological polar surface area (TPSA) is 57.8 Å². The number of carbonyl (C=O) groups is 1. The van der Waals surface area contributed by atoms with Gasteiger partial charge in [0.15, 0.2) is 5.82 Å². The molecule has 112 valence electrons. The van der Waals surface area contributed by atoms with Crippen molar-refractivity contribution in [2.24, 2.45) is 0 Å². The van der Waals surface area contributed by atoms with E-state index in [-0.39, 0.29) is 11.3 Å². The Bertz CT molecular complexity index is 650. The van der Waals surface area contributed by atoms with Gasteiger partial charge in [-0.3, -0.25) is 9.89 Å². The summed E-state index contributed by atoms with van der Waals surface area (Å²) in [4.78, 5) is 12.1. The van der Waals surface area contributed by atoms with Crippen molar-refractivity contribution < 1.29 is 4.79 Å². The van der Waals surface area contributed by atoms with Crippen LogP contribution in [0.15, 0.2) is 24.3 Å². The number of benzene rings is 1. The highest BCUT2D eigenvalue weighted by molar-refractivity contribution is 5.91. The van der Waals surface area contributed by atoms with Crippen molar-refractivity contribution in [3.63, 3.8) is 0 Å². The molecular weight excluding hydrogens is 262 g/mol. The molecule has 2 rings (SSSR count). The Kier molecular flexibility index (Phi) is 4.16. The summed E-state index contributed by atoms with van der Waals surface area (Å²) in [6.07, 6.45) is 0.360. The highest BCUT2D eigenvalue weighted by atomic mass is 16.1. The Labute approximate surface area is 126 Å². The summed E-state index contributed by atoms with van der Waals surface area (Å²) in [6, 6.07) is 7.98. The average Bonchev–Trinajstić information content (AvgIpc) is 2.82. The third-order valence-corrected chi connectivity index (χ3v) is 3.59. The van der Waals surface area contributed by atoms with E-state index in [1.165, 1.54) is 11.1 Å². The summed E-state index contributed by atoms with van der Waals surface area (Å²) in [5, 5.41) is 9.94. The number of nitrogens with one attached hydrogen (secondary N) is 2. The number of aromatic amines is 1. The van der Waals surface area contributed by atoms with Gasteiger partial charge in [-0.2, -0.15) is 5.10 Å². The first-order valence-electron chi connectivity index (χ1n) is 7.17. The second kappa shape index (κ2) is 5.72. The van der Waals surface area contributed by atoms with Gasteiger partial charge in [0.05, 0.1) is 6.42 Å². The number of rotatable bonds is 3. The third-order valence-electron chi connectivity index (χ3n) is 3.59. The molecule has 0 aliphatic rings. The molecular formula is C17H23N3O. The monoisotopic (exact) mass is 285 g/mol. The molecule has 1 amide bonds. The fourth-order valence-corrected chi connectivity index (χ4v) is 2.06. The largest absolute Gasteiger partial charge is 0.309 e. The molecule has 1 aromatic carbocycles. The second-order valence-electron chi connectivity index (χ2n) is 6.56. The van der Waals surface area contributed by atoms with Crippen LogP contribution in [0.4, 0.5) is 5.82 Å². The zero-order valence-electron chi connectivity index (χ0n) is 13.4. The van der Waals surface area contributed by atoms with Crippen LogP contribution in [-0.2, 0) is 16.6 Å². The average molecular weight is 285 g/mol. The van der Waals surface area contributed by atoms with Crippen LogP contribution < -0.4 is 5.32 Å². The minimum absolute atomic E-state index is 0.00987. The fourth-order valence-electron chi connectivity index (χ4n) is 2.06. The van der Waals surface area contributed by atoms with Gasteiger partial charge in [0.1, 0.15) is 0 Å². The van der Waals surface area contributed by atoms with E-state index in [4.69, 9.17) is 0 Å². The maximum Gasteiger partial charge on any atom is 0.229 e. The number of carbonyl (C=O) groups excluding carboxylic acids is 1. The lowest BCUT2D eigenvalue weighted by molar-refractivity contribution is -0.115. The number of anilines is 1. The SMILES string of the molecule is Cc1ccc(CC(=O)Nc2cc(C(C)(C)C)[nH]n2)cc1C. The smallest absolute Gasteiger partial charge is 0.229 e. The van der Waals surface area contributed by atoms with Gasteiger partial charge in [0.2, 0.25) is 5.91 Å². The molecule has 1 aromatic heterocycles. The van der Waals surface area contributed by atoms with E-state index in [1.807, 2.05) is 18.2 Å². The van der Waals surface area contributed by atoms with Crippen LogP contribution in [0.5, 0.6) is 0 Å². The van der Waals surface area contributed by atoms with Gasteiger partial charge >= 0.3 is 0 Å². The summed E-state index contributed by atoms with van der Waals surface area (Å²) >= 11 is 0. The van der Waals surface area contributed by atoms with E-state index in [1.54, 1.807) is 0 Å². The molecule has 0 aliphatic carbocycles. The summed E-state index contributed by atoms with van der Waals surface area (Å²) < 4.78 is 0. The zero-order chi connectivity index (χ0) is 15.6. The zero-order valence-corrected chi connectivity index (χ0v) is 13.4. The van der Waals surface area contributed by atoms with Crippen LogP contribution in [-0.4, -0.2) is 16.1 Å². The number of hydrogen-bond acceptors (Lipinski definition) is 2. The standard InChI is InChI=1S/C17H23N3O/c1-11-6-7-13(8-12(11)2)9-16(21)18-15-10-14(19-20-15)17(3,4)5/h6-8,10H,9H2,1-5H3,(H2,18,19,20,21). The predicted molar refractivity (Wildman–Crippen MR) is 85.5 cm³/mol. The van der Waals surface area contributed by atoms with Crippen molar-refractivity contribution in [2.45, 2.75) is 46.5 Å². The molecule has 21 heavy (non-hydrogen) atoms. The Balaban J connectivity index is 2.01. The van der Waals surface area contributed by atoms with E-state index < -0.39 is 0 Å². The van der Waals surface area contributed by atoms with Crippen molar-refractivity contribution in [3.05, 3.63) is 46.6 Å². The molecule has 0 saturated carbocycles. The van der Waals surface area contributed by atoms with Crippen molar-refractivity contribution in [2.75, 3.05) is 5.32 Å². The Morgan fingerprint density at radius 2 is 1.90 bits per heavy atom. The first kappa shape index (κ1) is 15.3. The van der Waals surface area contributed by atoms with Gasteiger partial charge < -0.3 is 5.32 Å². The maximum atomic E-state index is 12.1. The molecule has 0 saturated heterocycles.